The average molecular weight is 385 g/mol. The number of ketones is 1. The fourth-order valence-electron chi connectivity index (χ4n) is 4.37. The summed E-state index contributed by atoms with van der Waals surface area (Å²) in [6.45, 7) is 12.0. The summed E-state index contributed by atoms with van der Waals surface area (Å²) in [4.78, 5) is 25.7. The highest BCUT2D eigenvalue weighted by atomic mass is 16.1. The lowest BCUT2D eigenvalue weighted by Crippen LogP contribution is -2.37. The van der Waals surface area contributed by atoms with Crippen molar-refractivity contribution >= 4 is 11.7 Å². The van der Waals surface area contributed by atoms with Gasteiger partial charge in [0.1, 0.15) is 0 Å². The summed E-state index contributed by atoms with van der Waals surface area (Å²) in [6, 6.07) is 1.84. The van der Waals surface area contributed by atoms with Crippen molar-refractivity contribution in [2.45, 2.75) is 79.4 Å². The normalized spacial score (nSPS) is 16.7. The van der Waals surface area contributed by atoms with Crippen LogP contribution in [0, 0.1) is 12.3 Å². The van der Waals surface area contributed by atoms with Gasteiger partial charge in [0, 0.05) is 48.4 Å². The van der Waals surface area contributed by atoms with Crippen molar-refractivity contribution in [2.24, 2.45) is 5.41 Å². The second-order valence-electron chi connectivity index (χ2n) is 8.85. The second kappa shape index (κ2) is 7.94. The Morgan fingerprint density at radius 1 is 1.36 bits per heavy atom. The number of aromatic nitrogens is 3. The SMILES string of the molecule is CCCn1c(C)c(CC(=O)N[C@H](C)Cn2cccn2)c2c1CC(C)(C)CC2=O. The summed E-state index contributed by atoms with van der Waals surface area (Å²) in [6.07, 6.45) is 6.29. The molecule has 152 valence electrons. The Labute approximate surface area is 167 Å². The van der Waals surface area contributed by atoms with Crippen molar-refractivity contribution in [3.05, 3.63) is 41.0 Å². The van der Waals surface area contributed by atoms with E-state index in [1.54, 1.807) is 10.9 Å². The zero-order valence-corrected chi connectivity index (χ0v) is 17.7. The minimum atomic E-state index is -0.0446. The van der Waals surface area contributed by atoms with Crippen LogP contribution in [-0.4, -0.2) is 32.1 Å². The van der Waals surface area contributed by atoms with Crippen LogP contribution in [0.15, 0.2) is 18.5 Å². The molecule has 3 rings (SSSR count). The predicted molar refractivity (Wildman–Crippen MR) is 109 cm³/mol. The number of carbonyl (C=O) groups excluding carboxylic acids is 2. The first-order valence-electron chi connectivity index (χ1n) is 10.2. The van der Waals surface area contributed by atoms with Crippen molar-refractivity contribution in [3.8, 4) is 0 Å². The molecule has 1 aliphatic rings. The Morgan fingerprint density at radius 3 is 2.75 bits per heavy atom. The molecular weight excluding hydrogens is 352 g/mol. The van der Waals surface area contributed by atoms with Crippen LogP contribution in [-0.2, 0) is 30.7 Å². The molecule has 1 amide bonds. The zero-order valence-electron chi connectivity index (χ0n) is 17.7. The van der Waals surface area contributed by atoms with Gasteiger partial charge in [0.15, 0.2) is 5.78 Å². The molecule has 0 bridgehead atoms. The lowest BCUT2D eigenvalue weighted by molar-refractivity contribution is -0.121. The molecule has 2 aromatic rings. The monoisotopic (exact) mass is 384 g/mol. The summed E-state index contributed by atoms with van der Waals surface area (Å²) in [5.74, 6) is 0.133. The van der Waals surface area contributed by atoms with Gasteiger partial charge in [-0.25, -0.2) is 0 Å². The van der Waals surface area contributed by atoms with Crippen molar-refractivity contribution in [1.29, 1.82) is 0 Å². The largest absolute Gasteiger partial charge is 0.351 e. The lowest BCUT2D eigenvalue weighted by Gasteiger charge is -2.30. The van der Waals surface area contributed by atoms with Crippen molar-refractivity contribution in [3.63, 3.8) is 0 Å². The summed E-state index contributed by atoms with van der Waals surface area (Å²) in [7, 11) is 0. The third-order valence-corrected chi connectivity index (χ3v) is 5.53. The summed E-state index contributed by atoms with van der Waals surface area (Å²) >= 11 is 0. The number of hydrogen-bond donors (Lipinski definition) is 1. The molecule has 1 N–H and O–H groups in total. The van der Waals surface area contributed by atoms with Gasteiger partial charge in [-0.2, -0.15) is 5.10 Å². The predicted octanol–water partition coefficient (Wildman–Crippen LogP) is 3.31. The zero-order chi connectivity index (χ0) is 20.5. The van der Waals surface area contributed by atoms with Crippen molar-refractivity contribution in [1.82, 2.24) is 19.7 Å². The van der Waals surface area contributed by atoms with Crippen LogP contribution in [0.5, 0.6) is 0 Å². The van der Waals surface area contributed by atoms with E-state index in [4.69, 9.17) is 0 Å². The van der Waals surface area contributed by atoms with Gasteiger partial charge in [-0.3, -0.25) is 14.3 Å². The number of hydrogen-bond acceptors (Lipinski definition) is 3. The lowest BCUT2D eigenvalue weighted by atomic mass is 9.75. The topological polar surface area (TPSA) is 68.9 Å². The molecule has 0 aromatic carbocycles. The highest BCUT2D eigenvalue weighted by molar-refractivity contribution is 6.01. The quantitative estimate of drug-likeness (QED) is 0.796. The average Bonchev–Trinajstić information content (AvgIpc) is 3.16. The standard InChI is InChI=1S/C22H32N4O2/c1-6-9-26-16(3)17(21-18(26)12-22(4,5)13-19(21)27)11-20(28)24-15(2)14-25-10-7-8-23-25/h7-8,10,15H,6,9,11-14H2,1-5H3,(H,24,28)/t15-/m1/s1. The second-order valence-corrected chi connectivity index (χ2v) is 8.85. The molecule has 0 spiro atoms. The van der Waals surface area contributed by atoms with E-state index in [9.17, 15) is 9.59 Å². The molecule has 6 nitrogen and oxygen atoms in total. The molecule has 2 aromatic heterocycles. The van der Waals surface area contributed by atoms with Crippen LogP contribution >= 0.6 is 0 Å². The molecule has 0 aliphatic heterocycles. The van der Waals surface area contributed by atoms with Gasteiger partial charge in [-0.05, 0) is 43.7 Å². The number of nitrogens with one attached hydrogen (secondary N) is 1. The fraction of sp³-hybridized carbons (Fsp3) is 0.591. The van der Waals surface area contributed by atoms with E-state index in [0.717, 1.165) is 41.9 Å². The fourth-order valence-corrected chi connectivity index (χ4v) is 4.37. The Balaban J connectivity index is 1.81. The minimum absolute atomic E-state index is 0.0296. The summed E-state index contributed by atoms with van der Waals surface area (Å²) in [5.41, 5.74) is 3.87. The number of fused-ring (bicyclic) bond motifs is 1. The molecule has 0 fully saturated rings. The highest BCUT2D eigenvalue weighted by Gasteiger charge is 2.36. The third-order valence-electron chi connectivity index (χ3n) is 5.53. The van der Waals surface area contributed by atoms with E-state index in [1.165, 1.54) is 0 Å². The van der Waals surface area contributed by atoms with Crippen LogP contribution in [0.25, 0.3) is 0 Å². The van der Waals surface area contributed by atoms with Crippen LogP contribution in [0.4, 0.5) is 0 Å². The molecule has 0 saturated carbocycles. The van der Waals surface area contributed by atoms with E-state index in [2.05, 4.69) is 35.8 Å². The highest BCUT2D eigenvalue weighted by Crippen LogP contribution is 2.39. The number of Topliss-reactive ketones (excluding diaryl/α,β-unsaturated/α-hetero) is 1. The van der Waals surface area contributed by atoms with Gasteiger partial charge in [0.05, 0.1) is 13.0 Å². The van der Waals surface area contributed by atoms with E-state index in [0.29, 0.717) is 13.0 Å². The first-order valence-corrected chi connectivity index (χ1v) is 10.2. The number of carbonyl (C=O) groups is 2. The Hall–Kier alpha value is -2.37. The van der Waals surface area contributed by atoms with E-state index < -0.39 is 0 Å². The maximum Gasteiger partial charge on any atom is 0.224 e. The molecule has 0 unspecified atom stereocenters. The van der Waals surface area contributed by atoms with Crippen LogP contribution in [0.3, 0.4) is 0 Å². The number of amides is 1. The molecule has 1 aliphatic carbocycles. The molecular formula is C22H32N4O2. The molecule has 6 heteroatoms. The molecule has 0 radical (unpaired) electrons. The first kappa shape index (κ1) is 20.4. The maximum atomic E-state index is 13.0. The number of nitrogens with zero attached hydrogens (tertiary/aromatic N) is 3. The smallest absolute Gasteiger partial charge is 0.224 e. The van der Waals surface area contributed by atoms with Crippen LogP contribution in [0.2, 0.25) is 0 Å². The third kappa shape index (κ3) is 4.21. The van der Waals surface area contributed by atoms with Gasteiger partial charge in [-0.15, -0.1) is 0 Å². The maximum absolute atomic E-state index is 13.0. The van der Waals surface area contributed by atoms with E-state index >= 15 is 0 Å². The van der Waals surface area contributed by atoms with Crippen LogP contribution < -0.4 is 5.32 Å². The van der Waals surface area contributed by atoms with Crippen molar-refractivity contribution in [2.75, 3.05) is 0 Å². The Morgan fingerprint density at radius 2 is 2.11 bits per heavy atom. The Bertz CT molecular complexity index is 862. The molecule has 0 saturated heterocycles. The van der Waals surface area contributed by atoms with Crippen LogP contribution in [0.1, 0.15) is 67.8 Å². The number of rotatable bonds is 7. The molecule has 1 atom stereocenters. The van der Waals surface area contributed by atoms with Gasteiger partial charge in [0.2, 0.25) is 5.91 Å². The Kier molecular flexibility index (Phi) is 5.77. The summed E-state index contributed by atoms with van der Waals surface area (Å²) in [5, 5.41) is 7.24. The van der Waals surface area contributed by atoms with E-state index in [-0.39, 0.29) is 29.6 Å². The minimum Gasteiger partial charge on any atom is -0.351 e. The van der Waals surface area contributed by atoms with Gasteiger partial charge >= 0.3 is 0 Å². The van der Waals surface area contributed by atoms with E-state index in [1.807, 2.05) is 26.1 Å². The van der Waals surface area contributed by atoms with Gasteiger partial charge in [-0.1, -0.05) is 20.8 Å². The molecule has 2 heterocycles. The van der Waals surface area contributed by atoms with Crippen molar-refractivity contribution < 1.29 is 9.59 Å². The first-order chi connectivity index (χ1) is 13.2. The van der Waals surface area contributed by atoms with Gasteiger partial charge < -0.3 is 9.88 Å². The summed E-state index contributed by atoms with van der Waals surface area (Å²) < 4.78 is 4.07. The van der Waals surface area contributed by atoms with Gasteiger partial charge in [0.25, 0.3) is 0 Å². The molecule has 28 heavy (non-hydrogen) atoms.